The van der Waals surface area contributed by atoms with Crippen LogP contribution in [-0.4, -0.2) is 70.4 Å². The number of carbonyl (C=O) groups excluding carboxylic acids is 2. The van der Waals surface area contributed by atoms with Gasteiger partial charge in [0.25, 0.3) is 0 Å². The first-order valence-corrected chi connectivity index (χ1v) is 12.0. The van der Waals surface area contributed by atoms with Gasteiger partial charge in [0.1, 0.15) is 5.84 Å². The van der Waals surface area contributed by atoms with Crippen LogP contribution in [0.2, 0.25) is 0 Å². The maximum absolute atomic E-state index is 13.4. The van der Waals surface area contributed by atoms with Crippen molar-refractivity contribution in [2.24, 2.45) is 12.8 Å². The maximum Gasteiger partial charge on any atom is 0.320 e. The zero-order chi connectivity index (χ0) is 23.5. The van der Waals surface area contributed by atoms with Crippen molar-refractivity contribution in [1.82, 2.24) is 14.4 Å². The van der Waals surface area contributed by atoms with Gasteiger partial charge in [-0.2, -0.15) is 0 Å². The van der Waals surface area contributed by atoms with E-state index in [0.717, 1.165) is 68.1 Å². The number of fused-ring (bicyclic) bond motifs is 1. The lowest BCUT2D eigenvalue weighted by Gasteiger charge is -2.31. The predicted molar refractivity (Wildman–Crippen MR) is 128 cm³/mol. The summed E-state index contributed by atoms with van der Waals surface area (Å²) in [5.41, 5.74) is 8.72. The number of amidine groups is 1. The van der Waals surface area contributed by atoms with Crippen LogP contribution >= 0.6 is 0 Å². The minimum atomic E-state index is -0.251. The average Bonchev–Trinajstić information content (AvgIpc) is 3.51. The molecule has 3 heterocycles. The number of likely N-dealkylation sites (tertiary alicyclic amines) is 2. The van der Waals surface area contributed by atoms with Gasteiger partial charge in [-0.15, -0.1) is 0 Å². The third kappa shape index (κ3) is 4.90. The van der Waals surface area contributed by atoms with Gasteiger partial charge in [-0.05, 0) is 76.3 Å². The fourth-order valence-electron chi connectivity index (χ4n) is 5.41. The van der Waals surface area contributed by atoms with Crippen LogP contribution in [0.5, 0.6) is 0 Å². The monoisotopic (exact) mass is 453 g/mol. The molecule has 33 heavy (non-hydrogen) atoms. The smallest absolute Gasteiger partial charge is 0.320 e. The summed E-state index contributed by atoms with van der Waals surface area (Å²) >= 11 is 0. The molecule has 1 aromatic heterocycles. The summed E-state index contributed by atoms with van der Waals surface area (Å²) in [6, 6.07) is 8.05. The number of nitrogens with one attached hydrogen (secondary N) is 1. The molecule has 2 aliphatic heterocycles. The molecule has 2 saturated heterocycles. The van der Waals surface area contributed by atoms with Crippen molar-refractivity contribution in [1.29, 1.82) is 5.41 Å². The molecule has 8 nitrogen and oxygen atoms in total. The van der Waals surface area contributed by atoms with E-state index >= 15 is 0 Å². The van der Waals surface area contributed by atoms with Crippen LogP contribution in [0, 0.1) is 5.41 Å². The lowest BCUT2D eigenvalue weighted by Crippen LogP contribution is -2.48. The van der Waals surface area contributed by atoms with Crippen LogP contribution in [0.1, 0.15) is 50.3 Å². The molecule has 0 unspecified atom stereocenters. The molecule has 1 amide bonds. The van der Waals surface area contributed by atoms with Crippen molar-refractivity contribution >= 4 is 28.6 Å². The van der Waals surface area contributed by atoms with E-state index < -0.39 is 0 Å². The number of rotatable bonds is 8. The first-order chi connectivity index (χ1) is 15.9. The molecule has 178 valence electrons. The van der Waals surface area contributed by atoms with E-state index in [0.29, 0.717) is 6.61 Å². The zero-order valence-corrected chi connectivity index (χ0v) is 19.7. The number of nitrogen functional groups attached to an aromatic ring is 1. The Morgan fingerprint density at radius 1 is 1.18 bits per heavy atom. The van der Waals surface area contributed by atoms with Crippen molar-refractivity contribution in [3.05, 3.63) is 35.5 Å². The number of carbonyl (C=O) groups is 2. The van der Waals surface area contributed by atoms with Crippen LogP contribution in [-0.2, 0) is 27.8 Å². The Bertz CT molecular complexity index is 1050. The summed E-state index contributed by atoms with van der Waals surface area (Å²) < 4.78 is 7.29. The number of ether oxygens (including phenoxy) is 1. The van der Waals surface area contributed by atoms with E-state index in [1.165, 1.54) is 5.69 Å². The molecule has 2 fully saturated rings. The summed E-state index contributed by atoms with van der Waals surface area (Å²) in [5, 5.41) is 8.76. The van der Waals surface area contributed by atoms with Crippen LogP contribution in [0.3, 0.4) is 0 Å². The van der Waals surface area contributed by atoms with Gasteiger partial charge in [-0.3, -0.25) is 19.9 Å². The van der Waals surface area contributed by atoms with Gasteiger partial charge >= 0.3 is 5.97 Å². The van der Waals surface area contributed by atoms with E-state index in [1.807, 2.05) is 23.1 Å². The molecule has 0 radical (unpaired) electrons. The van der Waals surface area contributed by atoms with Gasteiger partial charge in [0.2, 0.25) is 5.91 Å². The van der Waals surface area contributed by atoms with E-state index in [4.69, 9.17) is 15.9 Å². The number of benzene rings is 1. The molecule has 1 aromatic carbocycles. The summed E-state index contributed by atoms with van der Waals surface area (Å²) in [6.07, 6.45) is 5.59. The van der Waals surface area contributed by atoms with Gasteiger partial charge in [0.15, 0.2) is 0 Å². The normalized spacial score (nSPS) is 21.1. The third-order valence-electron chi connectivity index (χ3n) is 7.13. The second-order valence-corrected chi connectivity index (χ2v) is 9.18. The second-order valence-electron chi connectivity index (χ2n) is 9.18. The molecule has 0 spiro atoms. The maximum atomic E-state index is 13.4. The quantitative estimate of drug-likeness (QED) is 0.363. The minimum absolute atomic E-state index is 0.0753. The van der Waals surface area contributed by atoms with Crippen molar-refractivity contribution in [2.75, 3.05) is 26.2 Å². The molecule has 3 N–H and O–H groups in total. The summed E-state index contributed by atoms with van der Waals surface area (Å²) in [7, 11) is 2.06. The summed E-state index contributed by atoms with van der Waals surface area (Å²) in [5.74, 6) is -0.00681. The van der Waals surface area contributed by atoms with Crippen molar-refractivity contribution in [3.8, 4) is 0 Å². The molecule has 2 aromatic rings. The van der Waals surface area contributed by atoms with E-state index in [-0.39, 0.29) is 36.3 Å². The molecule has 2 aliphatic rings. The number of hydrogen-bond acceptors (Lipinski definition) is 5. The van der Waals surface area contributed by atoms with E-state index in [1.54, 1.807) is 6.92 Å². The van der Waals surface area contributed by atoms with Crippen molar-refractivity contribution in [2.45, 2.75) is 57.5 Å². The topological polar surface area (TPSA) is 105 Å². The number of amides is 1. The first kappa shape index (κ1) is 23.3. The highest BCUT2D eigenvalue weighted by molar-refractivity contribution is 5.98. The van der Waals surface area contributed by atoms with Crippen molar-refractivity contribution in [3.63, 3.8) is 0 Å². The average molecular weight is 454 g/mol. The highest BCUT2D eigenvalue weighted by Crippen LogP contribution is 2.28. The molecule has 2 atom stereocenters. The Hall–Kier alpha value is -2.87. The van der Waals surface area contributed by atoms with Crippen LogP contribution < -0.4 is 5.73 Å². The van der Waals surface area contributed by atoms with Crippen LogP contribution in [0.4, 0.5) is 0 Å². The Morgan fingerprint density at radius 2 is 1.97 bits per heavy atom. The Morgan fingerprint density at radius 3 is 2.73 bits per heavy atom. The third-order valence-corrected chi connectivity index (χ3v) is 7.13. The van der Waals surface area contributed by atoms with Gasteiger partial charge in [-0.1, -0.05) is 0 Å². The standard InChI is InChI=1S/C25H35N5O3/c1-3-33-23(31)16-29-12-5-7-22(29)25(32)30-13-4-6-19(30)9-10-20-15-18-14-17(24(26)27)8-11-21(18)28(20)2/h8,11,14-15,19,22H,3-7,9-10,12-13,16H2,1-2H3,(H3,26,27)/t19-,22+/m0/s1. The predicted octanol–water partition coefficient (Wildman–Crippen LogP) is 2.41. The van der Waals surface area contributed by atoms with Gasteiger partial charge in [-0.25, -0.2) is 0 Å². The molecule has 0 saturated carbocycles. The second kappa shape index (κ2) is 9.95. The highest BCUT2D eigenvalue weighted by atomic mass is 16.5. The highest BCUT2D eigenvalue weighted by Gasteiger charge is 2.38. The number of aromatic nitrogens is 1. The molecular weight excluding hydrogens is 418 g/mol. The number of nitrogens with two attached hydrogens (primary N) is 1. The minimum Gasteiger partial charge on any atom is -0.465 e. The Labute approximate surface area is 195 Å². The first-order valence-electron chi connectivity index (χ1n) is 12.0. The molecule has 4 rings (SSSR count). The fraction of sp³-hybridized carbons (Fsp3) is 0.560. The number of nitrogens with zero attached hydrogens (tertiary/aromatic N) is 3. The molecule has 8 heteroatoms. The molecule has 0 aliphatic carbocycles. The van der Waals surface area contributed by atoms with E-state index in [9.17, 15) is 9.59 Å². The number of hydrogen-bond donors (Lipinski definition) is 2. The fourth-order valence-corrected chi connectivity index (χ4v) is 5.41. The van der Waals surface area contributed by atoms with E-state index in [2.05, 4.69) is 22.6 Å². The van der Waals surface area contributed by atoms with Gasteiger partial charge < -0.3 is 19.9 Å². The molecular formula is C25H35N5O3. The van der Waals surface area contributed by atoms with Crippen LogP contribution in [0.15, 0.2) is 24.3 Å². The van der Waals surface area contributed by atoms with Crippen molar-refractivity contribution < 1.29 is 14.3 Å². The summed E-state index contributed by atoms with van der Waals surface area (Å²) in [4.78, 5) is 29.4. The summed E-state index contributed by atoms with van der Waals surface area (Å²) in [6.45, 7) is 3.93. The van der Waals surface area contributed by atoms with Gasteiger partial charge in [0, 0.05) is 41.8 Å². The SMILES string of the molecule is CCOC(=O)CN1CCC[C@@H]1C(=O)N1CCC[C@H]1CCc1cc2cc(C(=N)N)ccc2n1C. The largest absolute Gasteiger partial charge is 0.465 e. The zero-order valence-electron chi connectivity index (χ0n) is 19.7. The lowest BCUT2D eigenvalue weighted by molar-refractivity contribution is -0.146. The van der Waals surface area contributed by atoms with Gasteiger partial charge in [0.05, 0.1) is 19.2 Å². The molecule has 0 bridgehead atoms. The number of esters is 1. The Kier molecular flexibility index (Phi) is 7.02. The Balaban J connectivity index is 1.41. The lowest BCUT2D eigenvalue weighted by atomic mass is 10.1. The number of aryl methyl sites for hydroxylation is 2. The van der Waals surface area contributed by atoms with Crippen LogP contribution in [0.25, 0.3) is 10.9 Å².